The third kappa shape index (κ3) is 1.21. The molecule has 2 N–H and O–H groups in total. The van der Waals surface area contributed by atoms with Crippen LogP contribution in [0.2, 0.25) is 0 Å². The van der Waals surface area contributed by atoms with Crippen molar-refractivity contribution in [3.8, 4) is 0 Å². The Balaban J connectivity index is 2.43. The Kier molecular flexibility index (Phi) is 1.82. The van der Waals surface area contributed by atoms with E-state index in [2.05, 4.69) is 10.1 Å². The molecule has 0 aliphatic rings. The summed E-state index contributed by atoms with van der Waals surface area (Å²) < 4.78 is 1.81. The molecule has 0 atom stereocenters. The van der Waals surface area contributed by atoms with Gasteiger partial charge >= 0.3 is 0 Å². The molecule has 12 heavy (non-hydrogen) atoms. The van der Waals surface area contributed by atoms with E-state index >= 15 is 0 Å². The minimum Gasteiger partial charge on any atom is -0.330 e. The molecule has 0 saturated carbocycles. The summed E-state index contributed by atoms with van der Waals surface area (Å²) >= 11 is 1.60. The zero-order chi connectivity index (χ0) is 8.55. The summed E-state index contributed by atoms with van der Waals surface area (Å²) in [6, 6.07) is 0. The lowest BCUT2D eigenvalue weighted by atomic mass is 10.3. The van der Waals surface area contributed by atoms with Gasteiger partial charge in [-0.15, -0.1) is 0 Å². The highest BCUT2D eigenvalue weighted by Crippen LogP contribution is 2.13. The largest absolute Gasteiger partial charge is 0.330 e. The van der Waals surface area contributed by atoms with Crippen molar-refractivity contribution in [3.63, 3.8) is 0 Å². The number of hydrogen-bond acceptors (Lipinski definition) is 4. The fourth-order valence-corrected chi connectivity index (χ4v) is 1.86. The number of imidazole rings is 1. The molecule has 2 aromatic rings. The number of aromatic nitrogens is 3. The molecule has 0 unspecified atom stereocenters. The normalized spacial score (nSPS) is 11.2. The molecule has 64 valence electrons. The highest BCUT2D eigenvalue weighted by molar-refractivity contribution is 7.16. The van der Waals surface area contributed by atoms with E-state index in [-0.39, 0.29) is 0 Å². The molecule has 0 aromatic carbocycles. The van der Waals surface area contributed by atoms with Gasteiger partial charge in [-0.2, -0.15) is 5.10 Å². The van der Waals surface area contributed by atoms with Crippen molar-refractivity contribution in [2.24, 2.45) is 5.73 Å². The Morgan fingerprint density at radius 2 is 2.50 bits per heavy atom. The van der Waals surface area contributed by atoms with Crippen LogP contribution in [0.15, 0.2) is 6.20 Å². The van der Waals surface area contributed by atoms with Gasteiger partial charge < -0.3 is 5.73 Å². The molecule has 2 rings (SSSR count). The van der Waals surface area contributed by atoms with Crippen molar-refractivity contribution >= 4 is 16.3 Å². The number of aryl methyl sites for hydroxylation is 1. The summed E-state index contributed by atoms with van der Waals surface area (Å²) in [7, 11) is 0. The molecule has 0 bridgehead atoms. The van der Waals surface area contributed by atoms with Gasteiger partial charge in [0.1, 0.15) is 5.01 Å². The molecule has 0 spiro atoms. The summed E-state index contributed by atoms with van der Waals surface area (Å²) in [5, 5.41) is 5.29. The molecule has 0 saturated heterocycles. The molecule has 0 amide bonds. The van der Waals surface area contributed by atoms with E-state index in [9.17, 15) is 0 Å². The smallest absolute Gasteiger partial charge is 0.212 e. The molecule has 0 fully saturated rings. The van der Waals surface area contributed by atoms with E-state index in [1.807, 2.05) is 17.6 Å². The van der Waals surface area contributed by atoms with Crippen molar-refractivity contribution < 1.29 is 0 Å². The van der Waals surface area contributed by atoms with Gasteiger partial charge in [-0.1, -0.05) is 11.3 Å². The Morgan fingerprint density at radius 1 is 1.67 bits per heavy atom. The number of nitrogens with two attached hydrogens (primary N) is 1. The van der Waals surface area contributed by atoms with E-state index in [0.29, 0.717) is 6.54 Å². The fraction of sp³-hybridized carbons (Fsp3) is 0.429. The minimum absolute atomic E-state index is 0.643. The van der Waals surface area contributed by atoms with Gasteiger partial charge in [-0.05, 0) is 13.5 Å². The van der Waals surface area contributed by atoms with Gasteiger partial charge in [0.25, 0.3) is 0 Å². The lowest BCUT2D eigenvalue weighted by molar-refractivity contribution is 0.914. The molecule has 0 aliphatic carbocycles. The maximum Gasteiger partial charge on any atom is 0.212 e. The SMILES string of the molecule is Cc1nn2cc(CCN)nc2s1. The summed E-state index contributed by atoms with van der Waals surface area (Å²) in [6.45, 7) is 2.62. The van der Waals surface area contributed by atoms with Crippen LogP contribution in [-0.4, -0.2) is 21.1 Å². The van der Waals surface area contributed by atoms with Crippen molar-refractivity contribution in [1.82, 2.24) is 14.6 Å². The second-order valence-electron chi connectivity index (χ2n) is 2.62. The van der Waals surface area contributed by atoms with Gasteiger partial charge in [-0.25, -0.2) is 9.50 Å². The summed E-state index contributed by atoms with van der Waals surface area (Å²) in [5.41, 5.74) is 6.44. The van der Waals surface area contributed by atoms with Gasteiger partial charge in [0.2, 0.25) is 4.96 Å². The highest BCUT2D eigenvalue weighted by atomic mass is 32.1. The first kappa shape index (κ1) is 7.70. The van der Waals surface area contributed by atoms with E-state index in [1.165, 1.54) is 0 Å². The van der Waals surface area contributed by atoms with Crippen LogP contribution in [-0.2, 0) is 6.42 Å². The first-order valence-electron chi connectivity index (χ1n) is 3.81. The van der Waals surface area contributed by atoms with Gasteiger partial charge in [0, 0.05) is 6.42 Å². The Hall–Kier alpha value is -0.940. The molecule has 4 nitrogen and oxygen atoms in total. The Labute approximate surface area is 74.0 Å². The number of rotatable bonds is 2. The van der Waals surface area contributed by atoms with Crippen LogP contribution in [0.1, 0.15) is 10.7 Å². The maximum absolute atomic E-state index is 5.41. The summed E-state index contributed by atoms with van der Waals surface area (Å²) in [5.74, 6) is 0. The van der Waals surface area contributed by atoms with Gasteiger partial charge in [-0.3, -0.25) is 0 Å². The van der Waals surface area contributed by atoms with Crippen molar-refractivity contribution in [1.29, 1.82) is 0 Å². The molecular formula is C7H10N4S. The minimum atomic E-state index is 0.643. The summed E-state index contributed by atoms with van der Waals surface area (Å²) in [4.78, 5) is 5.32. The van der Waals surface area contributed by atoms with Crippen LogP contribution in [0.3, 0.4) is 0 Å². The fourth-order valence-electron chi connectivity index (χ4n) is 1.11. The summed E-state index contributed by atoms with van der Waals surface area (Å²) in [6.07, 6.45) is 2.76. The monoisotopic (exact) mass is 182 g/mol. The average Bonchev–Trinajstić information content (AvgIpc) is 2.44. The predicted octanol–water partition coefficient (Wildman–Crippen LogP) is 0.600. The van der Waals surface area contributed by atoms with E-state index in [0.717, 1.165) is 22.1 Å². The number of nitrogens with zero attached hydrogens (tertiary/aromatic N) is 3. The van der Waals surface area contributed by atoms with E-state index in [1.54, 1.807) is 11.3 Å². The van der Waals surface area contributed by atoms with Crippen molar-refractivity contribution in [2.75, 3.05) is 6.54 Å². The molecular weight excluding hydrogens is 172 g/mol. The van der Waals surface area contributed by atoms with Crippen LogP contribution < -0.4 is 5.73 Å². The third-order valence-corrected chi connectivity index (χ3v) is 2.43. The Morgan fingerprint density at radius 3 is 3.17 bits per heavy atom. The topological polar surface area (TPSA) is 56.2 Å². The van der Waals surface area contributed by atoms with Crippen molar-refractivity contribution in [2.45, 2.75) is 13.3 Å². The lowest BCUT2D eigenvalue weighted by Crippen LogP contribution is -2.02. The second kappa shape index (κ2) is 2.84. The lowest BCUT2D eigenvalue weighted by Gasteiger charge is -1.86. The molecule has 0 radical (unpaired) electrons. The number of fused-ring (bicyclic) bond motifs is 1. The Bertz CT molecular complexity index is 357. The standard InChI is InChI=1S/C7H10N4S/c1-5-10-11-4-6(2-3-8)9-7(11)12-5/h4H,2-3,8H2,1H3. The average molecular weight is 182 g/mol. The maximum atomic E-state index is 5.41. The van der Waals surface area contributed by atoms with Gasteiger partial charge in [0.15, 0.2) is 0 Å². The molecule has 0 aliphatic heterocycles. The van der Waals surface area contributed by atoms with Crippen LogP contribution in [0, 0.1) is 6.92 Å². The zero-order valence-electron chi connectivity index (χ0n) is 6.82. The van der Waals surface area contributed by atoms with Crippen LogP contribution in [0.5, 0.6) is 0 Å². The van der Waals surface area contributed by atoms with Crippen molar-refractivity contribution in [3.05, 3.63) is 16.9 Å². The van der Waals surface area contributed by atoms with Crippen LogP contribution in [0.4, 0.5) is 0 Å². The first-order valence-corrected chi connectivity index (χ1v) is 4.63. The van der Waals surface area contributed by atoms with E-state index < -0.39 is 0 Å². The van der Waals surface area contributed by atoms with Crippen LogP contribution >= 0.6 is 11.3 Å². The molecule has 5 heteroatoms. The zero-order valence-corrected chi connectivity index (χ0v) is 7.64. The number of hydrogen-bond donors (Lipinski definition) is 1. The quantitative estimate of drug-likeness (QED) is 0.740. The molecule has 2 heterocycles. The highest BCUT2D eigenvalue weighted by Gasteiger charge is 2.03. The van der Waals surface area contributed by atoms with Crippen LogP contribution in [0.25, 0.3) is 4.96 Å². The molecule has 2 aromatic heterocycles. The first-order chi connectivity index (χ1) is 5.79. The second-order valence-corrected chi connectivity index (χ2v) is 3.78. The van der Waals surface area contributed by atoms with Gasteiger partial charge in [0.05, 0.1) is 11.9 Å². The van der Waals surface area contributed by atoms with E-state index in [4.69, 9.17) is 5.73 Å². The third-order valence-electron chi connectivity index (χ3n) is 1.59. The predicted molar refractivity (Wildman–Crippen MR) is 48.4 cm³/mol.